The lowest BCUT2D eigenvalue weighted by atomic mass is 9.96. The molecule has 0 aliphatic carbocycles. The number of aryl methyl sites for hydroxylation is 1. The van der Waals surface area contributed by atoms with Crippen LogP contribution in [0.25, 0.3) is 0 Å². The number of hydrogen-bond donors (Lipinski definition) is 4. The molecule has 1 amide bonds. The molecule has 1 aromatic carbocycles. The number of benzene rings is 1. The number of ether oxygens (including phenoxy) is 2. The molecule has 22 heavy (non-hydrogen) atoms. The number of rotatable bonds is 4. The van der Waals surface area contributed by atoms with Gasteiger partial charge in [-0.1, -0.05) is 17.7 Å². The maximum absolute atomic E-state index is 12.2. The minimum atomic E-state index is -1.25. The predicted octanol–water partition coefficient (Wildman–Crippen LogP) is -0.821. The molecule has 1 heterocycles. The van der Waals surface area contributed by atoms with Crippen molar-refractivity contribution in [1.82, 2.24) is 5.32 Å². The molecule has 1 aliphatic heterocycles. The Morgan fingerprint density at radius 3 is 2.45 bits per heavy atom. The fourth-order valence-electron chi connectivity index (χ4n) is 2.39. The molecule has 0 spiro atoms. The Balaban J connectivity index is 2.14. The molecule has 0 bridgehead atoms. The van der Waals surface area contributed by atoms with Crippen LogP contribution in [0.5, 0.6) is 0 Å². The van der Waals surface area contributed by atoms with Gasteiger partial charge in [-0.3, -0.25) is 4.79 Å². The van der Waals surface area contributed by atoms with Gasteiger partial charge in [0.15, 0.2) is 6.29 Å². The summed E-state index contributed by atoms with van der Waals surface area (Å²) < 4.78 is 10.2. The predicted molar refractivity (Wildman–Crippen MR) is 77.2 cm³/mol. The van der Waals surface area contributed by atoms with Gasteiger partial charge in [0.25, 0.3) is 5.91 Å². The van der Waals surface area contributed by atoms with E-state index in [0.717, 1.165) is 5.56 Å². The van der Waals surface area contributed by atoms with Gasteiger partial charge in [-0.2, -0.15) is 0 Å². The van der Waals surface area contributed by atoms with E-state index in [2.05, 4.69) is 5.32 Å². The second-order valence-electron chi connectivity index (χ2n) is 5.31. The minimum Gasteiger partial charge on any atom is -0.394 e. The van der Waals surface area contributed by atoms with Crippen LogP contribution in [-0.4, -0.2) is 65.6 Å². The summed E-state index contributed by atoms with van der Waals surface area (Å²) in [6.45, 7) is 1.45. The molecule has 1 aliphatic rings. The third kappa shape index (κ3) is 3.45. The van der Waals surface area contributed by atoms with Crippen molar-refractivity contribution in [2.24, 2.45) is 0 Å². The van der Waals surface area contributed by atoms with Crippen LogP contribution in [0.3, 0.4) is 0 Å². The highest BCUT2D eigenvalue weighted by atomic mass is 16.7. The van der Waals surface area contributed by atoms with Crippen molar-refractivity contribution < 1.29 is 29.6 Å². The van der Waals surface area contributed by atoms with Crippen LogP contribution < -0.4 is 5.32 Å². The van der Waals surface area contributed by atoms with E-state index in [-0.39, 0.29) is 0 Å². The summed E-state index contributed by atoms with van der Waals surface area (Å²) in [6, 6.07) is 5.88. The molecule has 4 N–H and O–H groups in total. The van der Waals surface area contributed by atoms with Crippen LogP contribution in [0.2, 0.25) is 0 Å². The van der Waals surface area contributed by atoms with Crippen molar-refractivity contribution in [3.63, 3.8) is 0 Å². The molecule has 1 saturated heterocycles. The minimum absolute atomic E-state index is 0.408. The van der Waals surface area contributed by atoms with Gasteiger partial charge in [-0.15, -0.1) is 0 Å². The van der Waals surface area contributed by atoms with Crippen molar-refractivity contribution in [1.29, 1.82) is 0 Å². The molecule has 0 saturated carbocycles. The van der Waals surface area contributed by atoms with E-state index in [4.69, 9.17) is 9.47 Å². The Kier molecular flexibility index (Phi) is 5.49. The van der Waals surface area contributed by atoms with Crippen molar-refractivity contribution in [3.8, 4) is 0 Å². The number of amides is 1. The van der Waals surface area contributed by atoms with Crippen LogP contribution in [0.4, 0.5) is 0 Å². The summed E-state index contributed by atoms with van der Waals surface area (Å²) in [7, 11) is 1.33. The largest absolute Gasteiger partial charge is 0.394 e. The first-order chi connectivity index (χ1) is 10.5. The second-order valence-corrected chi connectivity index (χ2v) is 5.31. The number of aliphatic hydroxyl groups excluding tert-OH is 3. The van der Waals surface area contributed by atoms with Crippen LogP contribution in [0.15, 0.2) is 24.3 Å². The first kappa shape index (κ1) is 16.9. The first-order valence-corrected chi connectivity index (χ1v) is 7.00. The maximum atomic E-state index is 12.2. The van der Waals surface area contributed by atoms with Crippen molar-refractivity contribution >= 4 is 5.91 Å². The zero-order chi connectivity index (χ0) is 16.3. The molecule has 0 radical (unpaired) electrons. The average molecular weight is 311 g/mol. The smallest absolute Gasteiger partial charge is 0.251 e. The van der Waals surface area contributed by atoms with Gasteiger partial charge in [-0.05, 0) is 19.1 Å². The summed E-state index contributed by atoms with van der Waals surface area (Å²) in [4.78, 5) is 12.2. The number of carbonyl (C=O) groups is 1. The van der Waals surface area contributed by atoms with E-state index in [1.54, 1.807) is 24.3 Å². The van der Waals surface area contributed by atoms with Crippen molar-refractivity contribution in [2.75, 3.05) is 13.7 Å². The molecule has 0 unspecified atom stereocenters. The molecule has 7 heteroatoms. The Hall–Kier alpha value is -1.51. The standard InChI is InChI=1S/C15H21NO6/c1-8-3-5-9(6-4-8)14(20)16-11-12(18)10(7-17)22-15(21-2)13(11)19/h3-6,10-13,15,17-19H,7H2,1-2H3,(H,16,20)/t10-,11+,12+,13+,15-/m1/s1. The number of carbonyl (C=O) groups excluding carboxylic acids is 1. The molecule has 7 nitrogen and oxygen atoms in total. The fraction of sp³-hybridized carbons (Fsp3) is 0.533. The van der Waals surface area contributed by atoms with Gasteiger partial charge < -0.3 is 30.1 Å². The quantitative estimate of drug-likeness (QED) is 0.578. The first-order valence-electron chi connectivity index (χ1n) is 7.00. The molecule has 2 rings (SSSR count). The summed E-state index contributed by atoms with van der Waals surface area (Å²) in [5.41, 5.74) is 1.42. The maximum Gasteiger partial charge on any atom is 0.251 e. The third-order valence-corrected chi connectivity index (χ3v) is 3.73. The summed E-state index contributed by atoms with van der Waals surface area (Å²) in [5, 5.41) is 32.1. The molecule has 122 valence electrons. The highest BCUT2D eigenvalue weighted by molar-refractivity contribution is 5.94. The highest BCUT2D eigenvalue weighted by Crippen LogP contribution is 2.22. The van der Waals surface area contributed by atoms with Crippen LogP contribution in [0, 0.1) is 6.92 Å². The topological polar surface area (TPSA) is 108 Å². The van der Waals surface area contributed by atoms with Gasteiger partial charge in [0.05, 0.1) is 12.6 Å². The Labute approximate surface area is 128 Å². The fourth-order valence-corrected chi connectivity index (χ4v) is 2.39. The Bertz CT molecular complexity index is 489. The Morgan fingerprint density at radius 1 is 1.27 bits per heavy atom. The van der Waals surface area contributed by atoms with Gasteiger partial charge in [0.2, 0.25) is 0 Å². The van der Waals surface area contributed by atoms with E-state index >= 15 is 0 Å². The molecule has 1 fully saturated rings. The van der Waals surface area contributed by atoms with Crippen LogP contribution in [0.1, 0.15) is 15.9 Å². The number of hydrogen-bond acceptors (Lipinski definition) is 6. The highest BCUT2D eigenvalue weighted by Gasteiger charge is 2.45. The SMILES string of the molecule is CO[C@@H]1O[C@H](CO)[C@H](O)[C@H](NC(=O)c2ccc(C)cc2)[C@@H]1O. The summed E-state index contributed by atoms with van der Waals surface area (Å²) >= 11 is 0. The molecular formula is C15H21NO6. The number of nitrogens with one attached hydrogen (secondary N) is 1. The summed E-state index contributed by atoms with van der Waals surface area (Å²) in [6.07, 6.45) is -4.49. The number of aliphatic hydroxyl groups is 3. The van der Waals surface area contributed by atoms with Crippen LogP contribution >= 0.6 is 0 Å². The third-order valence-electron chi connectivity index (χ3n) is 3.73. The van der Waals surface area contributed by atoms with Gasteiger partial charge >= 0.3 is 0 Å². The lowest BCUT2D eigenvalue weighted by Crippen LogP contribution is -2.64. The molecule has 5 atom stereocenters. The summed E-state index contributed by atoms with van der Waals surface area (Å²) in [5.74, 6) is -0.434. The molecule has 1 aromatic rings. The monoisotopic (exact) mass is 311 g/mol. The lowest BCUT2D eigenvalue weighted by molar-refractivity contribution is -0.270. The van der Waals surface area contributed by atoms with E-state index in [9.17, 15) is 20.1 Å². The van der Waals surface area contributed by atoms with E-state index < -0.39 is 43.2 Å². The van der Waals surface area contributed by atoms with E-state index in [0.29, 0.717) is 5.56 Å². The van der Waals surface area contributed by atoms with Crippen molar-refractivity contribution in [2.45, 2.75) is 37.6 Å². The second kappa shape index (κ2) is 7.17. The van der Waals surface area contributed by atoms with Gasteiger partial charge in [-0.25, -0.2) is 0 Å². The normalized spacial score (nSPS) is 31.8. The van der Waals surface area contributed by atoms with Gasteiger partial charge in [0, 0.05) is 12.7 Å². The van der Waals surface area contributed by atoms with Crippen molar-refractivity contribution in [3.05, 3.63) is 35.4 Å². The number of methoxy groups -OCH3 is 1. The zero-order valence-corrected chi connectivity index (χ0v) is 12.5. The Morgan fingerprint density at radius 2 is 1.91 bits per heavy atom. The average Bonchev–Trinajstić information content (AvgIpc) is 2.52. The molecular weight excluding hydrogens is 290 g/mol. The zero-order valence-electron chi connectivity index (χ0n) is 12.5. The van der Waals surface area contributed by atoms with E-state index in [1.165, 1.54) is 7.11 Å². The molecule has 0 aromatic heterocycles. The van der Waals surface area contributed by atoms with E-state index in [1.807, 2.05) is 6.92 Å². The van der Waals surface area contributed by atoms with Crippen LogP contribution in [-0.2, 0) is 9.47 Å². The van der Waals surface area contributed by atoms with Gasteiger partial charge in [0.1, 0.15) is 18.3 Å². The lowest BCUT2D eigenvalue weighted by Gasteiger charge is -2.41.